The second-order valence-corrected chi connectivity index (χ2v) is 4.17. The van der Waals surface area contributed by atoms with Gasteiger partial charge >= 0.3 is 0 Å². The zero-order valence-electron chi connectivity index (χ0n) is 8.25. The molecule has 2 heteroatoms. The van der Waals surface area contributed by atoms with Gasteiger partial charge in [-0.2, -0.15) is 0 Å². The summed E-state index contributed by atoms with van der Waals surface area (Å²) in [5, 5.41) is 10.4. The normalized spacial score (nSPS) is 27.4. The molecule has 0 spiro atoms. The summed E-state index contributed by atoms with van der Waals surface area (Å²) in [6, 6.07) is 0. The third-order valence-electron chi connectivity index (χ3n) is 3.28. The second kappa shape index (κ2) is 3.33. The van der Waals surface area contributed by atoms with Gasteiger partial charge in [0.2, 0.25) is 0 Å². The summed E-state index contributed by atoms with van der Waals surface area (Å²) in [7, 11) is 0. The SMILES string of the molecule is CCC(O)(C1=COCCC1)C1CC1. The molecule has 0 aromatic rings. The Balaban J connectivity index is 2.13. The molecule has 1 aliphatic carbocycles. The van der Waals surface area contributed by atoms with Crippen molar-refractivity contribution in [2.75, 3.05) is 6.61 Å². The summed E-state index contributed by atoms with van der Waals surface area (Å²) in [6.07, 6.45) is 7.06. The average molecular weight is 182 g/mol. The molecule has 13 heavy (non-hydrogen) atoms. The van der Waals surface area contributed by atoms with E-state index in [1.807, 2.05) is 0 Å². The van der Waals surface area contributed by atoms with Gasteiger partial charge in [0.05, 0.1) is 18.5 Å². The molecule has 0 aromatic carbocycles. The van der Waals surface area contributed by atoms with Crippen molar-refractivity contribution < 1.29 is 9.84 Å². The van der Waals surface area contributed by atoms with Gasteiger partial charge in [-0.25, -0.2) is 0 Å². The zero-order chi connectivity index (χ0) is 9.31. The Morgan fingerprint density at radius 1 is 1.62 bits per heavy atom. The highest BCUT2D eigenvalue weighted by Crippen LogP contribution is 2.46. The Kier molecular flexibility index (Phi) is 2.33. The van der Waals surface area contributed by atoms with Crippen LogP contribution in [0, 0.1) is 5.92 Å². The van der Waals surface area contributed by atoms with E-state index in [2.05, 4.69) is 6.92 Å². The van der Waals surface area contributed by atoms with Gasteiger partial charge in [-0.1, -0.05) is 6.92 Å². The standard InChI is InChI=1S/C11H18O2/c1-2-11(12,9-5-6-9)10-4-3-7-13-8-10/h8-9,12H,2-7H2,1H3. The number of aliphatic hydroxyl groups is 1. The maximum absolute atomic E-state index is 10.4. The molecule has 0 radical (unpaired) electrons. The van der Waals surface area contributed by atoms with Crippen LogP contribution in [0.25, 0.3) is 0 Å². The predicted octanol–water partition coefficient (Wildman–Crippen LogP) is 2.23. The Morgan fingerprint density at radius 3 is 2.85 bits per heavy atom. The highest BCUT2D eigenvalue weighted by molar-refractivity contribution is 5.20. The fourth-order valence-electron chi connectivity index (χ4n) is 2.22. The second-order valence-electron chi connectivity index (χ2n) is 4.17. The number of ether oxygens (including phenoxy) is 1. The summed E-state index contributed by atoms with van der Waals surface area (Å²) in [5.74, 6) is 0.505. The Morgan fingerprint density at radius 2 is 2.38 bits per heavy atom. The van der Waals surface area contributed by atoms with Crippen molar-refractivity contribution in [3.05, 3.63) is 11.8 Å². The Hall–Kier alpha value is -0.500. The third-order valence-corrected chi connectivity index (χ3v) is 3.28. The molecule has 2 nitrogen and oxygen atoms in total. The predicted molar refractivity (Wildman–Crippen MR) is 51.2 cm³/mol. The van der Waals surface area contributed by atoms with Gasteiger partial charge in [0.25, 0.3) is 0 Å². The minimum atomic E-state index is -0.541. The topological polar surface area (TPSA) is 29.5 Å². The smallest absolute Gasteiger partial charge is 0.0914 e. The van der Waals surface area contributed by atoms with Gasteiger partial charge in [0, 0.05) is 0 Å². The molecule has 1 aliphatic heterocycles. The largest absolute Gasteiger partial charge is 0.501 e. The van der Waals surface area contributed by atoms with Crippen LogP contribution in [-0.2, 0) is 4.74 Å². The Bertz CT molecular complexity index is 218. The summed E-state index contributed by atoms with van der Waals surface area (Å²) >= 11 is 0. The molecular formula is C11H18O2. The summed E-state index contributed by atoms with van der Waals surface area (Å²) in [5.41, 5.74) is 0.587. The van der Waals surface area contributed by atoms with Crippen LogP contribution in [0.15, 0.2) is 11.8 Å². The highest BCUT2D eigenvalue weighted by atomic mass is 16.5. The van der Waals surface area contributed by atoms with E-state index in [4.69, 9.17) is 4.74 Å². The van der Waals surface area contributed by atoms with Crippen molar-refractivity contribution in [2.24, 2.45) is 5.92 Å². The maximum Gasteiger partial charge on any atom is 0.0914 e. The van der Waals surface area contributed by atoms with Gasteiger partial charge in [-0.15, -0.1) is 0 Å². The fraction of sp³-hybridized carbons (Fsp3) is 0.818. The quantitative estimate of drug-likeness (QED) is 0.725. The maximum atomic E-state index is 10.4. The molecule has 0 bridgehead atoms. The van der Waals surface area contributed by atoms with Gasteiger partial charge in [-0.05, 0) is 43.6 Å². The number of hydrogen-bond donors (Lipinski definition) is 1. The summed E-state index contributed by atoms with van der Waals surface area (Å²) < 4.78 is 5.29. The monoisotopic (exact) mass is 182 g/mol. The Labute approximate surface area is 79.6 Å². The molecule has 74 valence electrons. The lowest BCUT2D eigenvalue weighted by atomic mass is 9.84. The van der Waals surface area contributed by atoms with Crippen LogP contribution in [0.3, 0.4) is 0 Å². The molecule has 1 saturated carbocycles. The first-order valence-electron chi connectivity index (χ1n) is 5.31. The van der Waals surface area contributed by atoms with Crippen LogP contribution in [-0.4, -0.2) is 17.3 Å². The molecule has 1 atom stereocenters. The summed E-state index contributed by atoms with van der Waals surface area (Å²) in [6.45, 7) is 2.88. The molecule has 2 aliphatic rings. The van der Waals surface area contributed by atoms with E-state index in [1.54, 1.807) is 6.26 Å². The van der Waals surface area contributed by atoms with Crippen LogP contribution < -0.4 is 0 Å². The van der Waals surface area contributed by atoms with Crippen molar-refractivity contribution in [1.29, 1.82) is 0 Å². The first-order chi connectivity index (χ1) is 6.27. The van der Waals surface area contributed by atoms with Gasteiger partial charge in [-0.3, -0.25) is 0 Å². The van der Waals surface area contributed by atoms with Gasteiger partial charge in [0.15, 0.2) is 0 Å². The minimum Gasteiger partial charge on any atom is -0.501 e. The van der Waals surface area contributed by atoms with Gasteiger partial charge in [0.1, 0.15) is 0 Å². The van der Waals surface area contributed by atoms with E-state index in [9.17, 15) is 5.11 Å². The molecule has 2 rings (SSSR count). The molecule has 0 aromatic heterocycles. The molecule has 1 heterocycles. The van der Waals surface area contributed by atoms with Crippen molar-refractivity contribution in [3.63, 3.8) is 0 Å². The third kappa shape index (κ3) is 1.60. The lowest BCUT2D eigenvalue weighted by molar-refractivity contribution is 0.0373. The molecule has 1 N–H and O–H groups in total. The van der Waals surface area contributed by atoms with Crippen molar-refractivity contribution in [2.45, 2.75) is 44.6 Å². The van der Waals surface area contributed by atoms with Crippen molar-refractivity contribution >= 4 is 0 Å². The van der Waals surface area contributed by atoms with E-state index in [1.165, 1.54) is 12.8 Å². The first-order valence-corrected chi connectivity index (χ1v) is 5.31. The van der Waals surface area contributed by atoms with Gasteiger partial charge < -0.3 is 9.84 Å². The molecule has 0 amide bonds. The van der Waals surface area contributed by atoms with E-state index in [-0.39, 0.29) is 0 Å². The van der Waals surface area contributed by atoms with Crippen LogP contribution >= 0.6 is 0 Å². The molecule has 0 saturated heterocycles. The molecule has 1 fully saturated rings. The fourth-order valence-corrected chi connectivity index (χ4v) is 2.22. The molecular weight excluding hydrogens is 164 g/mol. The lowest BCUT2D eigenvalue weighted by Crippen LogP contribution is -2.34. The van der Waals surface area contributed by atoms with Crippen molar-refractivity contribution in [1.82, 2.24) is 0 Å². The zero-order valence-corrected chi connectivity index (χ0v) is 8.25. The van der Waals surface area contributed by atoms with E-state index < -0.39 is 5.60 Å². The number of rotatable bonds is 3. The van der Waals surface area contributed by atoms with Crippen LogP contribution in [0.2, 0.25) is 0 Å². The lowest BCUT2D eigenvalue weighted by Gasteiger charge is -2.31. The van der Waals surface area contributed by atoms with E-state index in [0.29, 0.717) is 5.92 Å². The average Bonchev–Trinajstić information content (AvgIpc) is 3.02. The summed E-state index contributed by atoms with van der Waals surface area (Å²) in [4.78, 5) is 0. The van der Waals surface area contributed by atoms with Crippen LogP contribution in [0.4, 0.5) is 0 Å². The highest BCUT2D eigenvalue weighted by Gasteiger charge is 2.45. The van der Waals surface area contributed by atoms with E-state index >= 15 is 0 Å². The van der Waals surface area contributed by atoms with Crippen LogP contribution in [0.5, 0.6) is 0 Å². The first kappa shape index (κ1) is 9.07. The molecule has 1 unspecified atom stereocenters. The minimum absolute atomic E-state index is 0.505. The number of hydrogen-bond acceptors (Lipinski definition) is 2. The van der Waals surface area contributed by atoms with Crippen molar-refractivity contribution in [3.8, 4) is 0 Å². The van der Waals surface area contributed by atoms with Crippen LogP contribution in [0.1, 0.15) is 39.0 Å². The van der Waals surface area contributed by atoms with E-state index in [0.717, 1.165) is 31.4 Å².